The molecule has 3 aromatic rings. The molecule has 8 nitrogen and oxygen atoms in total. The Labute approximate surface area is 167 Å². The topological polar surface area (TPSA) is 96.2 Å². The van der Waals surface area contributed by atoms with Crippen LogP contribution in [0.2, 0.25) is 0 Å². The summed E-state index contributed by atoms with van der Waals surface area (Å²) in [4.78, 5) is 24.8. The Morgan fingerprint density at radius 3 is 2.55 bits per heavy atom. The lowest BCUT2D eigenvalue weighted by Gasteiger charge is -2.11. The number of amides is 1. The van der Waals surface area contributed by atoms with Gasteiger partial charge in [0.25, 0.3) is 5.91 Å². The highest BCUT2D eigenvalue weighted by Gasteiger charge is 2.22. The third kappa shape index (κ3) is 4.49. The van der Waals surface area contributed by atoms with Crippen molar-refractivity contribution in [2.45, 2.75) is 6.61 Å². The van der Waals surface area contributed by atoms with Gasteiger partial charge in [0.05, 0.1) is 26.5 Å². The summed E-state index contributed by atoms with van der Waals surface area (Å²) in [5.74, 6) is -0.273. The van der Waals surface area contributed by atoms with Crippen LogP contribution in [0.15, 0.2) is 46.9 Å². The number of anilines is 1. The van der Waals surface area contributed by atoms with Crippen LogP contribution in [0.25, 0.3) is 11.0 Å². The third-order valence-corrected chi connectivity index (χ3v) is 4.19. The summed E-state index contributed by atoms with van der Waals surface area (Å²) < 4.78 is 26.3. The maximum Gasteiger partial charge on any atom is 0.375 e. The monoisotopic (exact) mass is 399 g/mol. The minimum absolute atomic E-state index is 0.0137. The van der Waals surface area contributed by atoms with E-state index in [-0.39, 0.29) is 12.4 Å². The lowest BCUT2D eigenvalue weighted by atomic mass is 10.1. The molecule has 1 amide bonds. The highest BCUT2D eigenvalue weighted by Crippen LogP contribution is 2.29. The summed E-state index contributed by atoms with van der Waals surface area (Å²) >= 11 is 0. The molecule has 1 heterocycles. The van der Waals surface area contributed by atoms with Gasteiger partial charge in [0, 0.05) is 24.1 Å². The van der Waals surface area contributed by atoms with Gasteiger partial charge >= 0.3 is 5.97 Å². The molecule has 1 N–H and O–H groups in total. The van der Waals surface area contributed by atoms with Crippen molar-refractivity contribution < 1.29 is 33.0 Å². The normalized spacial score (nSPS) is 10.6. The van der Waals surface area contributed by atoms with E-state index in [0.717, 1.165) is 5.39 Å². The minimum Gasteiger partial charge on any atom is -0.497 e. The van der Waals surface area contributed by atoms with Crippen LogP contribution < -0.4 is 14.8 Å². The average molecular weight is 399 g/mol. The molecule has 0 atom stereocenters. The third-order valence-electron chi connectivity index (χ3n) is 4.19. The predicted molar refractivity (Wildman–Crippen MR) is 105 cm³/mol. The van der Waals surface area contributed by atoms with Gasteiger partial charge in [-0.3, -0.25) is 4.79 Å². The van der Waals surface area contributed by atoms with Crippen LogP contribution in [0.4, 0.5) is 5.69 Å². The van der Waals surface area contributed by atoms with Crippen molar-refractivity contribution in [3.8, 4) is 11.5 Å². The molecule has 3 rings (SSSR count). The lowest BCUT2D eigenvalue weighted by Crippen LogP contribution is -2.21. The van der Waals surface area contributed by atoms with E-state index in [1.54, 1.807) is 30.3 Å². The zero-order valence-corrected chi connectivity index (χ0v) is 16.3. The van der Waals surface area contributed by atoms with E-state index in [0.29, 0.717) is 28.3 Å². The smallest absolute Gasteiger partial charge is 0.375 e. The molecule has 8 heteroatoms. The number of nitrogens with one attached hydrogen (secondary N) is 1. The van der Waals surface area contributed by atoms with Crippen molar-refractivity contribution in [2.75, 3.05) is 33.3 Å². The summed E-state index contributed by atoms with van der Waals surface area (Å²) in [6.45, 7) is -0.322. The second-order valence-corrected chi connectivity index (χ2v) is 6.03. The number of para-hydroxylation sites is 1. The molecule has 0 aliphatic carbocycles. The molecule has 0 fully saturated rings. The number of rotatable bonds is 8. The van der Waals surface area contributed by atoms with Crippen molar-refractivity contribution in [1.82, 2.24) is 0 Å². The number of furan rings is 1. The van der Waals surface area contributed by atoms with Gasteiger partial charge < -0.3 is 28.7 Å². The molecule has 0 saturated carbocycles. The fourth-order valence-electron chi connectivity index (χ4n) is 2.85. The molecule has 29 heavy (non-hydrogen) atoms. The second kappa shape index (κ2) is 9.11. The number of hydrogen-bond donors (Lipinski definition) is 1. The minimum atomic E-state index is -0.749. The summed E-state index contributed by atoms with van der Waals surface area (Å²) in [5.41, 5.74) is 1.51. The molecule has 0 bridgehead atoms. The number of ether oxygens (including phenoxy) is 4. The first-order chi connectivity index (χ1) is 14.1. The lowest BCUT2D eigenvalue weighted by molar-refractivity contribution is -0.119. The van der Waals surface area contributed by atoms with Gasteiger partial charge in [0.1, 0.15) is 17.1 Å². The van der Waals surface area contributed by atoms with Crippen LogP contribution >= 0.6 is 0 Å². The van der Waals surface area contributed by atoms with Gasteiger partial charge in [0.2, 0.25) is 5.76 Å². The van der Waals surface area contributed by atoms with Crippen molar-refractivity contribution in [1.29, 1.82) is 0 Å². The van der Waals surface area contributed by atoms with Crippen molar-refractivity contribution in [3.05, 3.63) is 53.8 Å². The van der Waals surface area contributed by atoms with Crippen LogP contribution in [-0.2, 0) is 20.9 Å². The zero-order chi connectivity index (χ0) is 20.8. The quantitative estimate of drug-likeness (QED) is 0.580. The first-order valence-electron chi connectivity index (χ1n) is 8.75. The fourth-order valence-corrected chi connectivity index (χ4v) is 2.85. The molecule has 152 valence electrons. The maximum atomic E-state index is 12.5. The van der Waals surface area contributed by atoms with Crippen molar-refractivity contribution in [3.63, 3.8) is 0 Å². The number of carbonyl (C=O) groups is 2. The van der Waals surface area contributed by atoms with Gasteiger partial charge in [0.15, 0.2) is 6.61 Å². The standard InChI is InChI=1S/C21H21NO7/c1-25-11-15-14-6-4-5-7-17(14)29-20(15)21(24)28-12-19(23)22-16-10-13(26-2)8-9-18(16)27-3/h4-10H,11-12H2,1-3H3,(H,22,23). The van der Waals surface area contributed by atoms with Crippen LogP contribution in [0.5, 0.6) is 11.5 Å². The Hall–Kier alpha value is -3.52. The Balaban J connectivity index is 1.70. The molecule has 0 aliphatic rings. The van der Waals surface area contributed by atoms with Gasteiger partial charge in [-0.2, -0.15) is 0 Å². The Bertz CT molecular complexity index is 1030. The molecule has 0 radical (unpaired) electrons. The molecule has 1 aromatic heterocycles. The first-order valence-corrected chi connectivity index (χ1v) is 8.75. The Morgan fingerprint density at radius 1 is 1.03 bits per heavy atom. The maximum absolute atomic E-state index is 12.5. The van der Waals surface area contributed by atoms with Gasteiger partial charge in [-0.15, -0.1) is 0 Å². The van der Waals surface area contributed by atoms with E-state index in [4.69, 9.17) is 23.4 Å². The summed E-state index contributed by atoms with van der Waals surface area (Å²) in [6.07, 6.45) is 0. The van der Waals surface area contributed by atoms with Gasteiger partial charge in [-0.1, -0.05) is 18.2 Å². The van der Waals surface area contributed by atoms with E-state index in [1.165, 1.54) is 21.3 Å². The highest BCUT2D eigenvalue weighted by molar-refractivity contribution is 5.98. The Morgan fingerprint density at radius 2 is 1.83 bits per heavy atom. The number of carbonyl (C=O) groups excluding carboxylic acids is 2. The van der Waals surface area contributed by atoms with Gasteiger partial charge in [-0.05, 0) is 18.2 Å². The molecular formula is C21H21NO7. The number of fused-ring (bicyclic) bond motifs is 1. The van der Waals surface area contributed by atoms with Gasteiger partial charge in [-0.25, -0.2) is 4.79 Å². The SMILES string of the molecule is COCc1c(C(=O)OCC(=O)Nc2cc(OC)ccc2OC)oc2ccccc12. The molecule has 0 unspecified atom stereocenters. The Kier molecular flexibility index (Phi) is 6.36. The van der Waals surface area contributed by atoms with E-state index in [9.17, 15) is 9.59 Å². The van der Waals surface area contributed by atoms with Crippen LogP contribution in [0.3, 0.4) is 0 Å². The summed E-state index contributed by atoms with van der Waals surface area (Å²) in [7, 11) is 4.52. The van der Waals surface area contributed by atoms with E-state index in [1.807, 2.05) is 12.1 Å². The number of benzene rings is 2. The summed E-state index contributed by atoms with van der Waals surface area (Å²) in [6, 6.07) is 12.2. The van der Waals surface area contributed by atoms with Crippen molar-refractivity contribution >= 4 is 28.5 Å². The van der Waals surface area contributed by atoms with Crippen LogP contribution in [-0.4, -0.2) is 39.8 Å². The highest BCUT2D eigenvalue weighted by atomic mass is 16.5. The van der Waals surface area contributed by atoms with E-state index >= 15 is 0 Å². The number of methoxy groups -OCH3 is 3. The predicted octanol–water partition coefficient (Wildman–Crippen LogP) is 3.39. The van der Waals surface area contributed by atoms with E-state index in [2.05, 4.69) is 5.32 Å². The second-order valence-electron chi connectivity index (χ2n) is 6.03. The fraction of sp³-hybridized carbons (Fsp3) is 0.238. The average Bonchev–Trinajstić information content (AvgIpc) is 3.11. The first kappa shape index (κ1) is 20.2. The number of hydrogen-bond acceptors (Lipinski definition) is 7. The zero-order valence-electron chi connectivity index (χ0n) is 16.3. The van der Waals surface area contributed by atoms with Crippen LogP contribution in [0.1, 0.15) is 16.1 Å². The molecule has 0 saturated heterocycles. The molecule has 2 aromatic carbocycles. The molecule has 0 aliphatic heterocycles. The van der Waals surface area contributed by atoms with Crippen LogP contribution in [0, 0.1) is 0 Å². The van der Waals surface area contributed by atoms with Crippen molar-refractivity contribution in [2.24, 2.45) is 0 Å². The van der Waals surface area contributed by atoms with E-state index < -0.39 is 18.5 Å². The summed E-state index contributed by atoms with van der Waals surface area (Å²) in [5, 5.41) is 3.39. The largest absolute Gasteiger partial charge is 0.497 e. The number of esters is 1. The molecular weight excluding hydrogens is 378 g/mol. The molecule has 0 spiro atoms.